The number of fused-ring (bicyclic) bond motifs is 1. The summed E-state index contributed by atoms with van der Waals surface area (Å²) < 4.78 is 3.92. The van der Waals surface area contributed by atoms with Crippen LogP contribution in [-0.4, -0.2) is 10.4 Å². The Morgan fingerprint density at radius 2 is 1.82 bits per heavy atom. The van der Waals surface area contributed by atoms with Gasteiger partial charge in [-0.05, 0) is 26.0 Å². The number of nitrogen functional groups attached to an aromatic ring is 1. The van der Waals surface area contributed by atoms with E-state index in [1.807, 2.05) is 64.6 Å². The number of aromatic nitrogens is 2. The number of imidazole rings is 1. The lowest BCUT2D eigenvalue weighted by atomic mass is 10.1. The van der Waals surface area contributed by atoms with Gasteiger partial charge in [-0.3, -0.25) is 10.5 Å². The van der Waals surface area contributed by atoms with Gasteiger partial charge in [0.2, 0.25) is 0 Å². The predicted octanol–water partition coefficient (Wildman–Crippen LogP) is 2.72. The summed E-state index contributed by atoms with van der Waals surface area (Å²) in [7, 11) is 0. The second-order valence-electron chi connectivity index (χ2n) is 5.47. The Bertz CT molecular complexity index is 831. The summed E-state index contributed by atoms with van der Waals surface area (Å²) in [4.78, 5) is 12.5. The molecule has 0 amide bonds. The third-order valence-electron chi connectivity index (χ3n) is 4.01. The summed E-state index contributed by atoms with van der Waals surface area (Å²) in [5.41, 5.74) is 10.2. The normalized spacial score (nSPS) is 11.0. The first-order valence-electron chi connectivity index (χ1n) is 7.48. The average molecular weight is 294 g/mol. The number of hydrogen-bond acceptors (Lipinski definition) is 2. The van der Waals surface area contributed by atoms with E-state index in [1.54, 1.807) is 0 Å². The smallest absolute Gasteiger partial charge is 0.291 e. The zero-order valence-electron chi connectivity index (χ0n) is 12.9. The number of hydrogen-bond donors (Lipinski definition) is 1. The minimum atomic E-state index is 0.0655. The van der Waals surface area contributed by atoms with Crippen molar-refractivity contribution in [3.05, 3.63) is 59.7 Å². The Labute approximate surface area is 129 Å². The molecule has 0 fully saturated rings. The molecule has 2 N–H and O–H groups in total. The molecular weight excluding hydrogens is 274 g/mol. The van der Waals surface area contributed by atoms with Gasteiger partial charge >= 0.3 is 5.95 Å². The Morgan fingerprint density at radius 3 is 2.50 bits per heavy atom. The lowest BCUT2D eigenvalue weighted by Gasteiger charge is -2.02. The first-order chi connectivity index (χ1) is 10.6. The molecule has 0 saturated heterocycles. The molecule has 0 atom stereocenters. The molecule has 3 rings (SSSR count). The quantitative estimate of drug-likeness (QED) is 0.594. The second-order valence-corrected chi connectivity index (χ2v) is 5.47. The number of benzene rings is 2. The standard InChI is InChI=1S/C18H19N3O/c1-3-20-15-6-4-5-7-16(15)21(18(20)19)12-17(22)14-10-8-13(2)9-11-14/h4-11,19H,3,12H2,1-2H3/p+1. The molecule has 0 aliphatic heterocycles. The highest BCUT2D eigenvalue weighted by Crippen LogP contribution is 2.16. The van der Waals surface area contributed by atoms with Crippen LogP contribution in [0, 0.1) is 6.92 Å². The van der Waals surface area contributed by atoms with Crippen molar-refractivity contribution in [2.75, 3.05) is 5.73 Å². The van der Waals surface area contributed by atoms with Gasteiger partial charge in [0.1, 0.15) is 17.6 Å². The highest BCUT2D eigenvalue weighted by molar-refractivity contribution is 5.95. The molecule has 0 aliphatic carbocycles. The fourth-order valence-electron chi connectivity index (χ4n) is 2.79. The zero-order valence-corrected chi connectivity index (χ0v) is 12.9. The van der Waals surface area contributed by atoms with E-state index in [9.17, 15) is 4.79 Å². The first-order valence-corrected chi connectivity index (χ1v) is 7.48. The maximum atomic E-state index is 12.5. The lowest BCUT2D eigenvalue weighted by molar-refractivity contribution is -0.642. The van der Waals surface area contributed by atoms with Gasteiger partial charge in [-0.25, -0.2) is 9.13 Å². The molecule has 0 unspecified atom stereocenters. The Kier molecular flexibility index (Phi) is 3.67. The minimum absolute atomic E-state index is 0.0655. The van der Waals surface area contributed by atoms with E-state index >= 15 is 0 Å². The molecule has 0 bridgehead atoms. The number of para-hydroxylation sites is 2. The van der Waals surface area contributed by atoms with Gasteiger partial charge in [0.15, 0.2) is 5.78 Å². The molecule has 4 nitrogen and oxygen atoms in total. The summed E-state index contributed by atoms with van der Waals surface area (Å²) in [5.74, 6) is 0.680. The molecule has 3 aromatic rings. The fourth-order valence-corrected chi connectivity index (χ4v) is 2.79. The Balaban J connectivity index is 2.02. The Morgan fingerprint density at radius 1 is 1.14 bits per heavy atom. The van der Waals surface area contributed by atoms with E-state index in [4.69, 9.17) is 5.73 Å². The fraction of sp³-hybridized carbons (Fsp3) is 0.222. The van der Waals surface area contributed by atoms with E-state index in [0.717, 1.165) is 23.1 Å². The molecule has 0 aliphatic rings. The molecule has 112 valence electrons. The summed E-state index contributed by atoms with van der Waals surface area (Å²) in [6, 6.07) is 15.6. The minimum Gasteiger partial charge on any atom is -0.291 e. The van der Waals surface area contributed by atoms with Gasteiger partial charge in [0, 0.05) is 5.56 Å². The number of carbonyl (C=O) groups excluding carboxylic acids is 1. The van der Waals surface area contributed by atoms with E-state index in [0.29, 0.717) is 11.5 Å². The molecular formula is C18H20N3O+. The van der Waals surface area contributed by atoms with Crippen molar-refractivity contribution in [1.82, 2.24) is 4.57 Å². The highest BCUT2D eigenvalue weighted by Gasteiger charge is 2.21. The van der Waals surface area contributed by atoms with Crippen molar-refractivity contribution >= 4 is 22.8 Å². The van der Waals surface area contributed by atoms with Gasteiger partial charge in [-0.1, -0.05) is 42.0 Å². The van der Waals surface area contributed by atoms with Gasteiger partial charge < -0.3 is 0 Å². The Hall–Kier alpha value is -2.62. The van der Waals surface area contributed by atoms with Crippen molar-refractivity contribution in [3.63, 3.8) is 0 Å². The van der Waals surface area contributed by atoms with Gasteiger partial charge in [-0.2, -0.15) is 0 Å². The van der Waals surface area contributed by atoms with E-state index in [1.165, 1.54) is 0 Å². The number of nitrogens with two attached hydrogens (primary N) is 1. The molecule has 22 heavy (non-hydrogen) atoms. The van der Waals surface area contributed by atoms with Crippen LogP contribution in [-0.2, 0) is 13.1 Å². The summed E-state index contributed by atoms with van der Waals surface area (Å²) in [6.45, 7) is 5.09. The van der Waals surface area contributed by atoms with Crippen LogP contribution in [0.3, 0.4) is 0 Å². The molecule has 0 saturated carbocycles. The molecule has 0 radical (unpaired) electrons. The van der Waals surface area contributed by atoms with Crippen molar-refractivity contribution in [1.29, 1.82) is 0 Å². The van der Waals surface area contributed by atoms with Crippen molar-refractivity contribution in [2.24, 2.45) is 0 Å². The summed E-state index contributed by atoms with van der Waals surface area (Å²) in [5, 5.41) is 0. The molecule has 1 aromatic heterocycles. The summed E-state index contributed by atoms with van der Waals surface area (Å²) >= 11 is 0. The first kappa shape index (κ1) is 14.3. The number of Topliss-reactive ketones (excluding diaryl/α,β-unsaturated/α-hetero) is 1. The predicted molar refractivity (Wildman–Crippen MR) is 87.7 cm³/mol. The van der Waals surface area contributed by atoms with E-state index in [-0.39, 0.29) is 12.3 Å². The van der Waals surface area contributed by atoms with Crippen LogP contribution in [0.15, 0.2) is 48.5 Å². The monoisotopic (exact) mass is 294 g/mol. The third kappa shape index (κ3) is 2.37. The van der Waals surface area contributed by atoms with Crippen LogP contribution in [0.1, 0.15) is 22.8 Å². The third-order valence-corrected chi connectivity index (χ3v) is 4.01. The number of nitrogens with zero attached hydrogens (tertiary/aromatic N) is 2. The maximum Gasteiger partial charge on any atom is 0.356 e. The van der Waals surface area contributed by atoms with Crippen molar-refractivity contribution in [3.8, 4) is 0 Å². The van der Waals surface area contributed by atoms with Crippen molar-refractivity contribution < 1.29 is 9.36 Å². The SMILES string of the molecule is CCn1c(N)[n+](CC(=O)c2ccc(C)cc2)c2ccccc21. The molecule has 1 heterocycles. The molecule has 0 spiro atoms. The van der Waals surface area contributed by atoms with Crippen LogP contribution >= 0.6 is 0 Å². The highest BCUT2D eigenvalue weighted by atomic mass is 16.1. The number of aryl methyl sites for hydroxylation is 2. The van der Waals surface area contributed by atoms with Gasteiger partial charge in [0.05, 0.1) is 6.54 Å². The summed E-state index contributed by atoms with van der Waals surface area (Å²) in [6.07, 6.45) is 0. The van der Waals surface area contributed by atoms with Gasteiger partial charge in [-0.15, -0.1) is 0 Å². The van der Waals surface area contributed by atoms with Crippen LogP contribution in [0.2, 0.25) is 0 Å². The lowest BCUT2D eigenvalue weighted by Crippen LogP contribution is -2.40. The van der Waals surface area contributed by atoms with Crippen LogP contribution in [0.4, 0.5) is 5.95 Å². The topological polar surface area (TPSA) is 51.9 Å². The van der Waals surface area contributed by atoms with Crippen LogP contribution in [0.5, 0.6) is 0 Å². The number of anilines is 1. The van der Waals surface area contributed by atoms with E-state index < -0.39 is 0 Å². The maximum absolute atomic E-state index is 12.5. The van der Waals surface area contributed by atoms with Crippen LogP contribution < -0.4 is 10.3 Å². The molecule has 2 aromatic carbocycles. The van der Waals surface area contributed by atoms with Crippen LogP contribution in [0.25, 0.3) is 11.0 Å². The average Bonchev–Trinajstić information content (AvgIpc) is 2.80. The number of carbonyl (C=O) groups is 1. The van der Waals surface area contributed by atoms with Crippen molar-refractivity contribution in [2.45, 2.75) is 26.9 Å². The zero-order chi connectivity index (χ0) is 15.7. The van der Waals surface area contributed by atoms with Gasteiger partial charge in [0.25, 0.3) is 0 Å². The molecule has 4 heteroatoms. The number of ketones is 1. The number of rotatable bonds is 4. The largest absolute Gasteiger partial charge is 0.356 e. The second kappa shape index (κ2) is 5.64. The van der Waals surface area contributed by atoms with E-state index in [2.05, 4.69) is 6.92 Å².